The van der Waals surface area contributed by atoms with Gasteiger partial charge in [0.15, 0.2) is 5.76 Å². The molecule has 33 heavy (non-hydrogen) atoms. The molecule has 1 N–H and O–H groups in total. The number of hydrogen-bond acceptors (Lipinski definition) is 6. The van der Waals surface area contributed by atoms with Gasteiger partial charge in [0, 0.05) is 30.9 Å². The van der Waals surface area contributed by atoms with Crippen molar-refractivity contribution in [1.29, 1.82) is 0 Å². The van der Waals surface area contributed by atoms with Crippen LogP contribution in [0.25, 0.3) is 0 Å². The molecule has 2 aromatic rings. The summed E-state index contributed by atoms with van der Waals surface area (Å²) in [6.07, 6.45) is 1.28. The lowest BCUT2D eigenvalue weighted by Gasteiger charge is -2.29. The minimum absolute atomic E-state index is 0.100. The average Bonchev–Trinajstić information content (AvgIpc) is 3.23. The molecule has 9 nitrogen and oxygen atoms in total. The van der Waals surface area contributed by atoms with Gasteiger partial charge in [-0.15, -0.1) is 0 Å². The van der Waals surface area contributed by atoms with Crippen molar-refractivity contribution in [1.82, 2.24) is 9.03 Å². The highest BCUT2D eigenvalue weighted by molar-refractivity contribution is 7.89. The van der Waals surface area contributed by atoms with Gasteiger partial charge >= 0.3 is 0 Å². The molecular weight excluding hydrogens is 466 g/mol. The second-order valence-electron chi connectivity index (χ2n) is 8.91. The molecule has 1 amide bonds. The fourth-order valence-electron chi connectivity index (χ4n) is 3.82. The molecule has 182 valence electrons. The Morgan fingerprint density at radius 2 is 1.76 bits per heavy atom. The molecule has 0 unspecified atom stereocenters. The zero-order chi connectivity index (χ0) is 24.6. The lowest BCUT2D eigenvalue weighted by atomic mass is 10.0. The van der Waals surface area contributed by atoms with Crippen molar-refractivity contribution < 1.29 is 26.0 Å². The third-order valence-corrected chi connectivity index (χ3v) is 8.93. The van der Waals surface area contributed by atoms with Crippen LogP contribution in [0.4, 0.5) is 5.69 Å². The Labute approximate surface area is 195 Å². The summed E-state index contributed by atoms with van der Waals surface area (Å²) in [4.78, 5) is 14.9. The fraction of sp³-hybridized carbons (Fsp3) is 0.500. The number of hydrogen-bond donors (Lipinski definition) is 1. The van der Waals surface area contributed by atoms with Crippen molar-refractivity contribution in [2.24, 2.45) is 0 Å². The number of benzene rings is 1. The highest BCUT2D eigenvalue weighted by Gasteiger charge is 2.31. The van der Waals surface area contributed by atoms with Crippen LogP contribution in [0.5, 0.6) is 0 Å². The summed E-state index contributed by atoms with van der Waals surface area (Å²) in [5, 5.41) is -0.335. The van der Waals surface area contributed by atoms with Crippen LogP contribution >= 0.6 is 0 Å². The van der Waals surface area contributed by atoms with Crippen LogP contribution in [-0.4, -0.2) is 52.2 Å². The number of nitrogens with one attached hydrogen (secondary N) is 1. The van der Waals surface area contributed by atoms with Crippen LogP contribution in [0.1, 0.15) is 57.2 Å². The number of fused-ring (bicyclic) bond motifs is 1. The third-order valence-electron chi connectivity index (χ3n) is 5.26. The maximum atomic E-state index is 13.2. The molecule has 1 aliphatic heterocycles. The molecular formula is C22H31N3O6S2. The minimum Gasteiger partial charge on any atom is -0.438 e. The second-order valence-corrected chi connectivity index (χ2v) is 12.5. The van der Waals surface area contributed by atoms with E-state index in [4.69, 9.17) is 4.42 Å². The Hall–Kier alpha value is -2.21. The quantitative estimate of drug-likeness (QED) is 0.629. The van der Waals surface area contributed by atoms with Gasteiger partial charge in [-0.2, -0.15) is 4.31 Å². The number of carbonyl (C=O) groups excluding carboxylic acids is 1. The first kappa shape index (κ1) is 25.4. The largest absolute Gasteiger partial charge is 0.438 e. The Kier molecular flexibility index (Phi) is 7.09. The van der Waals surface area contributed by atoms with E-state index in [-0.39, 0.29) is 15.7 Å². The van der Waals surface area contributed by atoms with Crippen molar-refractivity contribution in [2.45, 2.75) is 63.0 Å². The third kappa shape index (κ3) is 5.32. The molecule has 0 atom stereocenters. The van der Waals surface area contributed by atoms with E-state index in [0.29, 0.717) is 38.2 Å². The molecule has 11 heteroatoms. The van der Waals surface area contributed by atoms with E-state index in [1.54, 1.807) is 46.8 Å². The van der Waals surface area contributed by atoms with Crippen LogP contribution in [0.2, 0.25) is 0 Å². The number of aryl methyl sites for hydroxylation is 1. The first-order valence-electron chi connectivity index (χ1n) is 10.9. The smallest absolute Gasteiger partial charge is 0.294 e. The van der Waals surface area contributed by atoms with E-state index in [1.807, 2.05) is 0 Å². The topological polar surface area (TPSA) is 117 Å². The van der Waals surface area contributed by atoms with Crippen LogP contribution in [0.3, 0.4) is 0 Å². The molecule has 0 aliphatic carbocycles. The van der Waals surface area contributed by atoms with Gasteiger partial charge in [0.25, 0.3) is 15.9 Å². The highest BCUT2D eigenvalue weighted by Crippen LogP contribution is 2.32. The SMILES string of the molecule is CCN(CC)S(=O)(=O)c1ccc2c(c1)CCCN2C(=O)c1ccc(S(=O)(=O)NC(C)(C)C)o1. The highest BCUT2D eigenvalue weighted by atomic mass is 32.2. The van der Waals surface area contributed by atoms with Gasteiger partial charge < -0.3 is 9.32 Å². The van der Waals surface area contributed by atoms with Crippen LogP contribution in [0.15, 0.2) is 44.7 Å². The number of nitrogens with zero attached hydrogens (tertiary/aromatic N) is 2. The lowest BCUT2D eigenvalue weighted by molar-refractivity contribution is 0.0953. The predicted octanol–water partition coefficient (Wildman–Crippen LogP) is 2.98. The van der Waals surface area contributed by atoms with Crippen LogP contribution in [0, 0.1) is 0 Å². The predicted molar refractivity (Wildman–Crippen MR) is 125 cm³/mol. The Balaban J connectivity index is 1.91. The van der Waals surface area contributed by atoms with Crippen molar-refractivity contribution in [3.63, 3.8) is 0 Å². The molecule has 3 rings (SSSR count). The van der Waals surface area contributed by atoms with Crippen molar-refractivity contribution >= 4 is 31.6 Å². The van der Waals surface area contributed by atoms with E-state index in [0.717, 1.165) is 5.56 Å². The number of rotatable bonds is 7. The van der Waals surface area contributed by atoms with Crippen LogP contribution in [-0.2, 0) is 26.5 Å². The molecule has 1 aromatic heterocycles. The zero-order valence-electron chi connectivity index (χ0n) is 19.6. The summed E-state index contributed by atoms with van der Waals surface area (Å²) >= 11 is 0. The standard InChI is InChI=1S/C22H31N3O6S2/c1-6-24(7-2)33(29,30)17-10-11-18-16(15-17)9-8-14-25(18)21(26)19-12-13-20(31-19)32(27,28)23-22(3,4)5/h10-13,15,23H,6-9,14H2,1-5H3. The summed E-state index contributed by atoms with van der Waals surface area (Å²) in [5.41, 5.74) is 0.639. The lowest BCUT2D eigenvalue weighted by Crippen LogP contribution is -2.40. The van der Waals surface area contributed by atoms with Crippen molar-refractivity contribution in [3.05, 3.63) is 41.7 Å². The first-order valence-corrected chi connectivity index (χ1v) is 13.8. The summed E-state index contributed by atoms with van der Waals surface area (Å²) in [6, 6.07) is 7.35. The van der Waals surface area contributed by atoms with Crippen LogP contribution < -0.4 is 9.62 Å². The van der Waals surface area contributed by atoms with Gasteiger partial charge in [0.2, 0.25) is 15.1 Å². The first-order chi connectivity index (χ1) is 15.3. The number of sulfonamides is 2. The summed E-state index contributed by atoms with van der Waals surface area (Å²) < 4.78 is 60.1. The molecule has 0 fully saturated rings. The van der Waals surface area contributed by atoms with Gasteiger partial charge in [0.1, 0.15) is 0 Å². The van der Waals surface area contributed by atoms with E-state index < -0.39 is 31.5 Å². The van der Waals surface area contributed by atoms with Crippen molar-refractivity contribution in [2.75, 3.05) is 24.5 Å². The van der Waals surface area contributed by atoms with Gasteiger partial charge in [-0.3, -0.25) is 4.79 Å². The average molecular weight is 498 g/mol. The van der Waals surface area contributed by atoms with Gasteiger partial charge in [-0.05, 0) is 69.5 Å². The van der Waals surface area contributed by atoms with E-state index in [1.165, 1.54) is 27.4 Å². The molecule has 1 aromatic carbocycles. The molecule has 0 saturated carbocycles. The Morgan fingerprint density at radius 3 is 2.36 bits per heavy atom. The number of furan rings is 1. The number of amides is 1. The molecule has 0 saturated heterocycles. The van der Waals surface area contributed by atoms with E-state index in [9.17, 15) is 21.6 Å². The fourth-order valence-corrected chi connectivity index (χ4v) is 6.69. The summed E-state index contributed by atoms with van der Waals surface area (Å²) in [5.74, 6) is -0.579. The maximum absolute atomic E-state index is 13.2. The molecule has 0 spiro atoms. The van der Waals surface area contributed by atoms with Crippen molar-refractivity contribution in [3.8, 4) is 0 Å². The monoisotopic (exact) mass is 497 g/mol. The summed E-state index contributed by atoms with van der Waals surface area (Å²) in [6.45, 7) is 9.85. The molecule has 2 heterocycles. The maximum Gasteiger partial charge on any atom is 0.294 e. The Morgan fingerprint density at radius 1 is 1.09 bits per heavy atom. The van der Waals surface area contributed by atoms with Gasteiger partial charge in [-0.1, -0.05) is 13.8 Å². The number of carbonyl (C=O) groups is 1. The van der Waals surface area contributed by atoms with Gasteiger partial charge in [-0.25, -0.2) is 21.6 Å². The van der Waals surface area contributed by atoms with E-state index in [2.05, 4.69) is 4.72 Å². The summed E-state index contributed by atoms with van der Waals surface area (Å²) in [7, 11) is -7.53. The minimum atomic E-state index is -3.92. The molecule has 0 bridgehead atoms. The molecule has 1 aliphatic rings. The normalized spacial score (nSPS) is 15.0. The molecule has 0 radical (unpaired) electrons. The van der Waals surface area contributed by atoms with E-state index >= 15 is 0 Å². The number of anilines is 1. The Bertz CT molecular complexity index is 1240. The second kappa shape index (κ2) is 9.21. The van der Waals surface area contributed by atoms with Gasteiger partial charge in [0.05, 0.1) is 4.90 Å². The zero-order valence-corrected chi connectivity index (χ0v) is 21.2.